The molecule has 2 rings (SSSR count). The van der Waals surface area contributed by atoms with Crippen LogP contribution in [0.4, 0.5) is 5.82 Å². The van der Waals surface area contributed by atoms with Gasteiger partial charge in [-0.3, -0.25) is 4.79 Å². The summed E-state index contributed by atoms with van der Waals surface area (Å²) in [6.07, 6.45) is 0. The quantitative estimate of drug-likeness (QED) is 0.826. The largest absolute Gasteiger partial charge is 0.497 e. The van der Waals surface area contributed by atoms with Crippen molar-refractivity contribution in [3.8, 4) is 5.75 Å². The van der Waals surface area contributed by atoms with Gasteiger partial charge in [-0.2, -0.15) is 0 Å². The van der Waals surface area contributed by atoms with E-state index in [1.54, 1.807) is 31.2 Å². The number of rotatable bonds is 3. The van der Waals surface area contributed by atoms with Gasteiger partial charge in [0, 0.05) is 4.47 Å². The van der Waals surface area contributed by atoms with Crippen molar-refractivity contribution in [3.05, 3.63) is 50.0 Å². The lowest BCUT2D eigenvalue weighted by Crippen LogP contribution is -2.14. The Kier molecular flexibility index (Phi) is 5.08. The molecule has 0 aliphatic rings. The van der Waals surface area contributed by atoms with Gasteiger partial charge in [-0.1, -0.05) is 23.2 Å². The minimum atomic E-state index is -0.350. The molecule has 0 aliphatic carbocycles. The highest BCUT2D eigenvalue weighted by molar-refractivity contribution is 9.10. The zero-order chi connectivity index (χ0) is 15.6. The van der Waals surface area contributed by atoms with E-state index in [0.717, 1.165) is 0 Å². The van der Waals surface area contributed by atoms with Crippen molar-refractivity contribution < 1.29 is 9.53 Å². The van der Waals surface area contributed by atoms with Gasteiger partial charge in [-0.05, 0) is 47.1 Å². The molecule has 0 fully saturated rings. The van der Waals surface area contributed by atoms with E-state index in [4.69, 9.17) is 27.9 Å². The van der Waals surface area contributed by atoms with Crippen LogP contribution in [-0.4, -0.2) is 18.0 Å². The van der Waals surface area contributed by atoms with E-state index >= 15 is 0 Å². The first-order valence-electron chi connectivity index (χ1n) is 5.90. The molecule has 0 saturated heterocycles. The number of aryl methyl sites for hydroxylation is 1. The molecule has 1 heterocycles. The van der Waals surface area contributed by atoms with Crippen molar-refractivity contribution in [2.45, 2.75) is 6.92 Å². The Labute approximate surface area is 140 Å². The lowest BCUT2D eigenvalue weighted by Gasteiger charge is -2.10. The molecule has 1 aromatic heterocycles. The number of amides is 1. The average Bonchev–Trinajstić information content (AvgIpc) is 2.45. The summed E-state index contributed by atoms with van der Waals surface area (Å²) in [5.74, 6) is 0.491. The second kappa shape index (κ2) is 6.64. The molecule has 1 aromatic carbocycles. The maximum absolute atomic E-state index is 12.3. The number of nitrogens with zero attached hydrogens (tertiary/aromatic N) is 1. The van der Waals surface area contributed by atoms with Gasteiger partial charge in [0.15, 0.2) is 5.82 Å². The second-order valence-corrected chi connectivity index (χ2v) is 5.85. The zero-order valence-corrected chi connectivity index (χ0v) is 14.3. The fourth-order valence-electron chi connectivity index (χ4n) is 1.63. The molecule has 0 saturated carbocycles. The Hall–Kier alpha value is -1.30. The SMILES string of the molecule is COc1ccc(Br)c(C(=O)Nc2nc(C)c(Cl)cc2Cl)c1. The van der Waals surface area contributed by atoms with Crippen LogP contribution in [0.15, 0.2) is 28.7 Å². The lowest BCUT2D eigenvalue weighted by atomic mass is 10.2. The first-order chi connectivity index (χ1) is 9.92. The molecule has 0 bridgehead atoms. The summed E-state index contributed by atoms with van der Waals surface area (Å²) in [6, 6.07) is 6.65. The van der Waals surface area contributed by atoms with Crippen molar-refractivity contribution in [2.24, 2.45) is 0 Å². The van der Waals surface area contributed by atoms with Crippen LogP contribution in [0.3, 0.4) is 0 Å². The first kappa shape index (κ1) is 16.1. The lowest BCUT2D eigenvalue weighted by molar-refractivity contribution is 0.102. The molecule has 1 N–H and O–H groups in total. The summed E-state index contributed by atoms with van der Waals surface area (Å²) in [5.41, 5.74) is 1.00. The Morgan fingerprint density at radius 3 is 2.67 bits per heavy atom. The topological polar surface area (TPSA) is 51.2 Å². The molecule has 21 heavy (non-hydrogen) atoms. The number of ether oxygens (including phenoxy) is 1. The Balaban J connectivity index is 2.32. The normalized spacial score (nSPS) is 10.3. The monoisotopic (exact) mass is 388 g/mol. The number of pyridine rings is 1. The van der Waals surface area contributed by atoms with Crippen LogP contribution in [0.1, 0.15) is 16.1 Å². The second-order valence-electron chi connectivity index (χ2n) is 4.19. The average molecular weight is 390 g/mol. The summed E-state index contributed by atoms with van der Waals surface area (Å²) in [5, 5.41) is 3.38. The number of halogens is 3. The molecule has 0 aliphatic heterocycles. The minimum absolute atomic E-state index is 0.262. The fourth-order valence-corrected chi connectivity index (χ4v) is 2.46. The van der Waals surface area contributed by atoms with Gasteiger partial charge in [0.25, 0.3) is 5.91 Å². The van der Waals surface area contributed by atoms with Crippen molar-refractivity contribution in [1.29, 1.82) is 0 Å². The first-order valence-corrected chi connectivity index (χ1v) is 7.44. The van der Waals surface area contributed by atoms with Crippen LogP contribution in [0, 0.1) is 6.92 Å². The van der Waals surface area contributed by atoms with Crippen molar-refractivity contribution >= 4 is 50.9 Å². The third-order valence-corrected chi connectivity index (χ3v) is 4.12. The van der Waals surface area contributed by atoms with Crippen LogP contribution in [0.5, 0.6) is 5.75 Å². The van der Waals surface area contributed by atoms with E-state index in [9.17, 15) is 4.79 Å². The molecule has 110 valence electrons. The molecule has 0 unspecified atom stereocenters. The Morgan fingerprint density at radius 1 is 1.29 bits per heavy atom. The molecule has 4 nitrogen and oxygen atoms in total. The fraction of sp³-hybridized carbons (Fsp3) is 0.143. The number of hydrogen-bond donors (Lipinski definition) is 1. The molecule has 2 aromatic rings. The van der Waals surface area contributed by atoms with Gasteiger partial charge < -0.3 is 10.1 Å². The summed E-state index contributed by atoms with van der Waals surface area (Å²) in [4.78, 5) is 16.5. The molecule has 7 heteroatoms. The van der Waals surface area contributed by atoms with Gasteiger partial charge in [0.1, 0.15) is 5.75 Å². The van der Waals surface area contributed by atoms with Crippen LogP contribution >= 0.6 is 39.1 Å². The molecule has 0 radical (unpaired) electrons. The van der Waals surface area contributed by atoms with Gasteiger partial charge in [0.2, 0.25) is 0 Å². The Morgan fingerprint density at radius 2 is 2.00 bits per heavy atom. The maximum atomic E-state index is 12.3. The molecule has 1 amide bonds. The number of benzene rings is 1. The predicted octanol–water partition coefficient (Wildman–Crippen LogP) is 4.72. The molecular formula is C14H11BrCl2N2O2. The summed E-state index contributed by atoms with van der Waals surface area (Å²) < 4.78 is 5.75. The predicted molar refractivity (Wildman–Crippen MR) is 87.6 cm³/mol. The smallest absolute Gasteiger partial charge is 0.258 e. The number of aromatic nitrogens is 1. The van der Waals surface area contributed by atoms with Gasteiger partial charge in [0.05, 0.1) is 28.4 Å². The van der Waals surface area contributed by atoms with Crippen molar-refractivity contribution in [1.82, 2.24) is 4.98 Å². The Bertz CT molecular complexity index is 708. The summed E-state index contributed by atoms with van der Waals surface area (Å²) in [6.45, 7) is 1.73. The van der Waals surface area contributed by atoms with Crippen LogP contribution in [0.2, 0.25) is 10.0 Å². The number of carbonyl (C=O) groups is 1. The van der Waals surface area contributed by atoms with E-state index < -0.39 is 0 Å². The number of nitrogens with one attached hydrogen (secondary N) is 1. The molecule has 0 atom stereocenters. The van der Waals surface area contributed by atoms with E-state index in [1.807, 2.05) is 0 Å². The summed E-state index contributed by atoms with van der Waals surface area (Å²) in [7, 11) is 1.53. The van der Waals surface area contributed by atoms with Gasteiger partial charge >= 0.3 is 0 Å². The number of anilines is 1. The highest BCUT2D eigenvalue weighted by atomic mass is 79.9. The standard InChI is InChI=1S/C14H11BrCl2N2O2/c1-7-11(16)6-12(17)13(18-7)19-14(20)9-5-8(21-2)3-4-10(9)15/h3-6H,1-2H3,(H,18,19,20). The number of carbonyl (C=O) groups excluding carboxylic acids is 1. The minimum Gasteiger partial charge on any atom is -0.497 e. The zero-order valence-electron chi connectivity index (χ0n) is 11.2. The summed E-state index contributed by atoms with van der Waals surface area (Å²) >= 11 is 15.3. The van der Waals surface area contributed by atoms with Gasteiger partial charge in [-0.25, -0.2) is 4.98 Å². The molecular weight excluding hydrogens is 379 g/mol. The number of methoxy groups -OCH3 is 1. The van der Waals surface area contributed by atoms with E-state index in [2.05, 4.69) is 26.2 Å². The maximum Gasteiger partial charge on any atom is 0.258 e. The van der Waals surface area contributed by atoms with Gasteiger partial charge in [-0.15, -0.1) is 0 Å². The highest BCUT2D eigenvalue weighted by Gasteiger charge is 2.15. The van der Waals surface area contributed by atoms with E-state index in [0.29, 0.717) is 26.5 Å². The highest BCUT2D eigenvalue weighted by Crippen LogP contribution is 2.27. The number of hydrogen-bond acceptors (Lipinski definition) is 3. The van der Waals surface area contributed by atoms with Crippen molar-refractivity contribution in [2.75, 3.05) is 12.4 Å². The van der Waals surface area contributed by atoms with E-state index in [-0.39, 0.29) is 16.7 Å². The third kappa shape index (κ3) is 3.67. The van der Waals surface area contributed by atoms with Crippen LogP contribution < -0.4 is 10.1 Å². The van der Waals surface area contributed by atoms with Crippen LogP contribution in [0.25, 0.3) is 0 Å². The van der Waals surface area contributed by atoms with Crippen LogP contribution in [-0.2, 0) is 0 Å². The molecule has 0 spiro atoms. The van der Waals surface area contributed by atoms with Crippen molar-refractivity contribution in [3.63, 3.8) is 0 Å². The van der Waals surface area contributed by atoms with E-state index in [1.165, 1.54) is 7.11 Å². The third-order valence-electron chi connectivity index (χ3n) is 2.75.